The fourth-order valence-corrected chi connectivity index (χ4v) is 3.16. The summed E-state index contributed by atoms with van der Waals surface area (Å²) in [5.41, 5.74) is 1.29. The standard InChI is InChI=1S/C14H14BrFIN5O/c1-2-22-14(15)9(6-20-22)13(23)12(7-19-18)21-11-4-3-8(16)5-10(11)17/h3-7,13,23H,2,18H2,1H3/b19-7-,21-12?. The minimum absolute atomic E-state index is 0.230. The van der Waals surface area contributed by atoms with E-state index in [4.69, 9.17) is 5.84 Å². The highest BCUT2D eigenvalue weighted by molar-refractivity contribution is 14.1. The Bertz CT molecular complexity index is 762. The van der Waals surface area contributed by atoms with E-state index in [1.807, 2.05) is 29.5 Å². The molecule has 122 valence electrons. The largest absolute Gasteiger partial charge is 0.382 e. The number of hydrogen-bond acceptors (Lipinski definition) is 5. The topological polar surface area (TPSA) is 88.8 Å². The van der Waals surface area contributed by atoms with Gasteiger partial charge in [-0.25, -0.2) is 9.38 Å². The van der Waals surface area contributed by atoms with Gasteiger partial charge in [-0.2, -0.15) is 10.2 Å². The first-order chi connectivity index (χ1) is 11.0. The van der Waals surface area contributed by atoms with Crippen LogP contribution in [0, 0.1) is 9.39 Å². The Morgan fingerprint density at radius 1 is 1.61 bits per heavy atom. The minimum atomic E-state index is -1.07. The van der Waals surface area contributed by atoms with Gasteiger partial charge in [0.25, 0.3) is 0 Å². The highest BCUT2D eigenvalue weighted by Gasteiger charge is 2.20. The van der Waals surface area contributed by atoms with Crippen molar-refractivity contribution in [1.82, 2.24) is 9.78 Å². The maximum absolute atomic E-state index is 13.2. The van der Waals surface area contributed by atoms with Crippen molar-refractivity contribution in [2.45, 2.75) is 19.6 Å². The number of halogens is 3. The minimum Gasteiger partial charge on any atom is -0.382 e. The summed E-state index contributed by atoms with van der Waals surface area (Å²) in [7, 11) is 0. The number of aliphatic hydroxyl groups is 1. The third kappa shape index (κ3) is 4.15. The summed E-state index contributed by atoms with van der Waals surface area (Å²) in [6.45, 7) is 2.59. The molecule has 0 aliphatic rings. The number of nitrogens with two attached hydrogens (primary N) is 1. The number of benzene rings is 1. The van der Waals surface area contributed by atoms with Crippen LogP contribution in [-0.2, 0) is 6.54 Å². The van der Waals surface area contributed by atoms with E-state index in [2.05, 4.69) is 31.1 Å². The summed E-state index contributed by atoms with van der Waals surface area (Å²) in [4.78, 5) is 4.35. The zero-order chi connectivity index (χ0) is 17.0. The van der Waals surface area contributed by atoms with Gasteiger partial charge < -0.3 is 10.9 Å². The number of aliphatic hydroxyl groups excluding tert-OH is 1. The van der Waals surface area contributed by atoms with Crippen molar-refractivity contribution in [1.29, 1.82) is 0 Å². The Labute approximate surface area is 154 Å². The van der Waals surface area contributed by atoms with Crippen LogP contribution in [0.3, 0.4) is 0 Å². The second kappa shape index (κ2) is 7.97. The molecule has 0 radical (unpaired) electrons. The first kappa shape index (κ1) is 18.0. The molecule has 1 unspecified atom stereocenters. The number of nitrogens with zero attached hydrogens (tertiary/aromatic N) is 4. The Balaban J connectivity index is 2.44. The maximum atomic E-state index is 13.2. The SMILES string of the molecule is CCn1ncc(C(O)C(/C=N\N)=Nc2ccc(F)cc2I)c1Br. The predicted octanol–water partition coefficient (Wildman–Crippen LogP) is 3.16. The van der Waals surface area contributed by atoms with Crippen LogP contribution in [0.2, 0.25) is 0 Å². The van der Waals surface area contributed by atoms with Crippen molar-refractivity contribution in [3.8, 4) is 0 Å². The van der Waals surface area contributed by atoms with Crippen LogP contribution in [0.4, 0.5) is 10.1 Å². The van der Waals surface area contributed by atoms with Crippen LogP contribution in [0.15, 0.2) is 39.1 Å². The van der Waals surface area contributed by atoms with Crippen molar-refractivity contribution < 1.29 is 9.50 Å². The van der Waals surface area contributed by atoms with E-state index in [-0.39, 0.29) is 11.5 Å². The Morgan fingerprint density at radius 2 is 2.35 bits per heavy atom. The highest BCUT2D eigenvalue weighted by atomic mass is 127. The first-order valence-electron chi connectivity index (χ1n) is 6.64. The molecule has 23 heavy (non-hydrogen) atoms. The molecule has 0 spiro atoms. The lowest BCUT2D eigenvalue weighted by molar-refractivity contribution is 0.249. The zero-order valence-electron chi connectivity index (χ0n) is 12.1. The van der Waals surface area contributed by atoms with Gasteiger partial charge in [0.15, 0.2) is 0 Å². The van der Waals surface area contributed by atoms with Gasteiger partial charge in [-0.05, 0) is 63.6 Å². The van der Waals surface area contributed by atoms with Crippen LogP contribution in [0.1, 0.15) is 18.6 Å². The van der Waals surface area contributed by atoms with Crippen molar-refractivity contribution in [3.05, 3.63) is 43.9 Å². The van der Waals surface area contributed by atoms with E-state index in [1.54, 1.807) is 10.9 Å². The highest BCUT2D eigenvalue weighted by Crippen LogP contribution is 2.27. The molecule has 6 nitrogen and oxygen atoms in total. The van der Waals surface area contributed by atoms with Crippen LogP contribution in [0.25, 0.3) is 0 Å². The second-order valence-electron chi connectivity index (χ2n) is 4.52. The van der Waals surface area contributed by atoms with Gasteiger partial charge >= 0.3 is 0 Å². The Morgan fingerprint density at radius 3 is 2.91 bits per heavy atom. The number of aryl methyl sites for hydroxylation is 1. The lowest BCUT2D eigenvalue weighted by Crippen LogP contribution is -2.15. The van der Waals surface area contributed by atoms with Gasteiger partial charge in [0.05, 0.1) is 23.8 Å². The summed E-state index contributed by atoms with van der Waals surface area (Å²) < 4.78 is 16.1. The van der Waals surface area contributed by atoms with Crippen molar-refractivity contribution >= 4 is 56.1 Å². The third-order valence-corrected chi connectivity index (χ3v) is 4.77. The zero-order valence-corrected chi connectivity index (χ0v) is 15.9. The molecule has 2 rings (SSSR count). The van der Waals surface area contributed by atoms with Gasteiger partial charge in [0.1, 0.15) is 16.5 Å². The van der Waals surface area contributed by atoms with Gasteiger partial charge in [0.2, 0.25) is 0 Å². The van der Waals surface area contributed by atoms with Crippen molar-refractivity contribution in [3.63, 3.8) is 0 Å². The van der Waals surface area contributed by atoms with E-state index < -0.39 is 6.10 Å². The molecule has 0 saturated carbocycles. The molecule has 0 aliphatic carbocycles. The van der Waals surface area contributed by atoms with Gasteiger partial charge in [-0.3, -0.25) is 4.68 Å². The average Bonchev–Trinajstić information content (AvgIpc) is 2.89. The van der Waals surface area contributed by atoms with E-state index in [9.17, 15) is 9.50 Å². The van der Waals surface area contributed by atoms with E-state index in [1.165, 1.54) is 24.4 Å². The van der Waals surface area contributed by atoms with Gasteiger partial charge in [-0.1, -0.05) is 0 Å². The quantitative estimate of drug-likeness (QED) is 0.290. The Hall–Kier alpha value is -1.33. The molecule has 3 N–H and O–H groups in total. The predicted molar refractivity (Wildman–Crippen MR) is 99.5 cm³/mol. The van der Waals surface area contributed by atoms with E-state index >= 15 is 0 Å². The normalized spacial score (nSPS) is 13.7. The molecule has 0 fully saturated rings. The molecule has 2 aromatic rings. The summed E-state index contributed by atoms with van der Waals surface area (Å²) in [5, 5.41) is 18.2. The molecular weight excluding hydrogens is 480 g/mol. The molecule has 0 amide bonds. The van der Waals surface area contributed by atoms with Crippen LogP contribution in [-0.4, -0.2) is 26.8 Å². The van der Waals surface area contributed by atoms with E-state index in [0.717, 1.165) is 0 Å². The third-order valence-electron chi connectivity index (χ3n) is 3.04. The molecular formula is C14H14BrFIN5O. The number of aliphatic imine (C=N–C) groups is 1. The van der Waals surface area contributed by atoms with Crippen LogP contribution in [0.5, 0.6) is 0 Å². The molecule has 1 aromatic carbocycles. The molecule has 0 bridgehead atoms. The number of hydrogen-bond donors (Lipinski definition) is 2. The maximum Gasteiger partial charge on any atom is 0.127 e. The first-order valence-corrected chi connectivity index (χ1v) is 8.51. The molecule has 0 aliphatic heterocycles. The average molecular weight is 494 g/mol. The lowest BCUT2D eigenvalue weighted by atomic mass is 10.1. The van der Waals surface area contributed by atoms with Gasteiger partial charge in [-0.15, -0.1) is 0 Å². The fraction of sp³-hybridized carbons (Fsp3) is 0.214. The lowest BCUT2D eigenvalue weighted by Gasteiger charge is -2.10. The number of rotatable bonds is 5. The number of aromatic nitrogens is 2. The molecule has 1 atom stereocenters. The molecule has 9 heteroatoms. The smallest absolute Gasteiger partial charge is 0.127 e. The Kier molecular flexibility index (Phi) is 6.25. The molecule has 0 saturated heterocycles. The van der Waals surface area contributed by atoms with Crippen molar-refractivity contribution in [2.24, 2.45) is 15.9 Å². The second-order valence-corrected chi connectivity index (χ2v) is 6.43. The summed E-state index contributed by atoms with van der Waals surface area (Å²) in [6.07, 6.45) is 1.74. The van der Waals surface area contributed by atoms with Crippen molar-refractivity contribution in [2.75, 3.05) is 0 Å². The van der Waals surface area contributed by atoms with Crippen LogP contribution >= 0.6 is 38.5 Å². The van der Waals surface area contributed by atoms with Gasteiger partial charge in [0, 0.05) is 15.7 Å². The molecule has 1 heterocycles. The summed E-state index contributed by atoms with van der Waals surface area (Å²) >= 11 is 5.37. The van der Waals surface area contributed by atoms with Crippen LogP contribution < -0.4 is 5.84 Å². The summed E-state index contributed by atoms with van der Waals surface area (Å²) in [6, 6.07) is 4.18. The van der Waals surface area contributed by atoms with E-state index in [0.29, 0.717) is 26.0 Å². The summed E-state index contributed by atoms with van der Waals surface area (Å²) in [5.74, 6) is 4.86. The fourth-order valence-electron chi connectivity index (χ4n) is 1.90. The monoisotopic (exact) mass is 493 g/mol. The number of hydrazone groups is 1. The molecule has 1 aromatic heterocycles.